The highest BCUT2D eigenvalue weighted by atomic mass is 19.1. The molecule has 0 radical (unpaired) electrons. The number of benzene rings is 1. The topological polar surface area (TPSA) is 21.3 Å². The van der Waals surface area contributed by atoms with Crippen LogP contribution in [0.25, 0.3) is 0 Å². The van der Waals surface area contributed by atoms with Crippen LogP contribution < -0.4 is 5.32 Å². The van der Waals surface area contributed by atoms with Gasteiger partial charge in [0.1, 0.15) is 5.82 Å². The number of hydrogen-bond donors (Lipinski definition) is 1. The van der Waals surface area contributed by atoms with Gasteiger partial charge in [0.25, 0.3) is 0 Å². The normalized spacial score (nSPS) is 12.8. The monoisotopic (exact) mass is 295 g/mol. The third kappa shape index (κ3) is 8.84. The third-order valence-electron chi connectivity index (χ3n) is 3.54. The molecule has 0 aliphatic carbocycles. The summed E-state index contributed by atoms with van der Waals surface area (Å²) in [5.41, 5.74) is 1.07. The molecule has 0 saturated carbocycles. The Bertz CT molecular complexity index is 381. The molecule has 3 heteroatoms. The van der Waals surface area contributed by atoms with Crippen LogP contribution in [-0.2, 0) is 11.2 Å². The van der Waals surface area contributed by atoms with Crippen LogP contribution in [0.5, 0.6) is 0 Å². The molecule has 0 fully saturated rings. The van der Waals surface area contributed by atoms with Gasteiger partial charge >= 0.3 is 0 Å². The molecule has 2 nitrogen and oxygen atoms in total. The summed E-state index contributed by atoms with van der Waals surface area (Å²) in [6.07, 6.45) is 4.20. The first-order valence-electron chi connectivity index (χ1n) is 8.17. The second kappa shape index (κ2) is 10.7. The lowest BCUT2D eigenvalue weighted by molar-refractivity contribution is 0.116. The van der Waals surface area contributed by atoms with Gasteiger partial charge < -0.3 is 10.1 Å². The lowest BCUT2D eigenvalue weighted by Gasteiger charge is -2.19. The van der Waals surface area contributed by atoms with Crippen molar-refractivity contribution in [3.63, 3.8) is 0 Å². The average Bonchev–Trinajstić information content (AvgIpc) is 2.44. The predicted octanol–water partition coefficient (Wildman–Crippen LogP) is 4.19. The van der Waals surface area contributed by atoms with E-state index in [4.69, 9.17) is 4.74 Å². The van der Waals surface area contributed by atoms with E-state index in [-0.39, 0.29) is 5.82 Å². The van der Waals surface area contributed by atoms with E-state index in [9.17, 15) is 4.39 Å². The summed E-state index contributed by atoms with van der Waals surface area (Å²) in [6, 6.07) is 7.40. The minimum atomic E-state index is -0.151. The standard InChI is InChI=1S/C18H30FNO/c1-4-5-10-21-11-9-17(14-20-15(2)3)12-16-7-6-8-18(19)13-16/h6-8,13,15,17,20H,4-5,9-12,14H2,1-3H3. The van der Waals surface area contributed by atoms with E-state index in [1.165, 1.54) is 12.5 Å². The molecular formula is C18H30FNO. The van der Waals surface area contributed by atoms with Gasteiger partial charge in [0.15, 0.2) is 0 Å². The highest BCUT2D eigenvalue weighted by Crippen LogP contribution is 2.14. The molecule has 1 rings (SSSR count). The molecule has 120 valence electrons. The maximum Gasteiger partial charge on any atom is 0.123 e. The highest BCUT2D eigenvalue weighted by molar-refractivity contribution is 5.16. The van der Waals surface area contributed by atoms with Crippen molar-refractivity contribution in [3.05, 3.63) is 35.6 Å². The molecule has 1 aromatic carbocycles. The van der Waals surface area contributed by atoms with Gasteiger partial charge in [-0.3, -0.25) is 0 Å². The Kier molecular flexibility index (Phi) is 9.27. The zero-order chi connectivity index (χ0) is 15.5. The van der Waals surface area contributed by atoms with Crippen molar-refractivity contribution in [3.8, 4) is 0 Å². The van der Waals surface area contributed by atoms with Gasteiger partial charge in [-0.25, -0.2) is 4.39 Å². The van der Waals surface area contributed by atoms with Crippen LogP contribution >= 0.6 is 0 Å². The minimum absolute atomic E-state index is 0.151. The zero-order valence-corrected chi connectivity index (χ0v) is 13.7. The van der Waals surface area contributed by atoms with E-state index in [2.05, 4.69) is 26.1 Å². The second-order valence-electron chi connectivity index (χ2n) is 6.02. The largest absolute Gasteiger partial charge is 0.381 e. The molecule has 1 aromatic rings. The first-order chi connectivity index (χ1) is 10.1. The quantitative estimate of drug-likeness (QED) is 0.618. The number of ether oxygens (including phenoxy) is 1. The van der Waals surface area contributed by atoms with Crippen LogP contribution in [0.4, 0.5) is 4.39 Å². The van der Waals surface area contributed by atoms with Crippen LogP contribution in [0.2, 0.25) is 0 Å². The smallest absolute Gasteiger partial charge is 0.123 e. The number of rotatable bonds is 11. The Balaban J connectivity index is 2.43. The van der Waals surface area contributed by atoms with Gasteiger partial charge in [0.2, 0.25) is 0 Å². The summed E-state index contributed by atoms with van der Waals surface area (Å²) in [6.45, 7) is 9.06. The molecule has 1 atom stereocenters. The van der Waals surface area contributed by atoms with Crippen molar-refractivity contribution in [2.24, 2.45) is 5.92 Å². The van der Waals surface area contributed by atoms with Crippen LogP contribution in [0, 0.1) is 11.7 Å². The van der Waals surface area contributed by atoms with E-state index in [0.717, 1.165) is 44.6 Å². The Labute approximate surface area is 129 Å². The molecule has 0 aliphatic rings. The third-order valence-corrected chi connectivity index (χ3v) is 3.54. The lowest BCUT2D eigenvalue weighted by Crippen LogP contribution is -2.30. The highest BCUT2D eigenvalue weighted by Gasteiger charge is 2.11. The maximum atomic E-state index is 13.3. The van der Waals surface area contributed by atoms with Gasteiger partial charge in [-0.15, -0.1) is 0 Å². The fourth-order valence-corrected chi connectivity index (χ4v) is 2.27. The van der Waals surface area contributed by atoms with Crippen molar-refractivity contribution >= 4 is 0 Å². The molecule has 1 N–H and O–H groups in total. The second-order valence-corrected chi connectivity index (χ2v) is 6.02. The number of halogens is 1. The van der Waals surface area contributed by atoms with Crippen LogP contribution in [0.1, 0.15) is 45.6 Å². The first kappa shape index (κ1) is 18.1. The summed E-state index contributed by atoms with van der Waals surface area (Å²) in [4.78, 5) is 0. The average molecular weight is 295 g/mol. The summed E-state index contributed by atoms with van der Waals surface area (Å²) in [5.74, 6) is 0.332. The predicted molar refractivity (Wildman–Crippen MR) is 87.1 cm³/mol. The van der Waals surface area contributed by atoms with Gasteiger partial charge in [-0.1, -0.05) is 39.3 Å². The van der Waals surface area contributed by atoms with E-state index < -0.39 is 0 Å². The Morgan fingerprint density at radius 1 is 1.24 bits per heavy atom. The van der Waals surface area contributed by atoms with E-state index in [1.807, 2.05) is 6.07 Å². The summed E-state index contributed by atoms with van der Waals surface area (Å²) >= 11 is 0. The SMILES string of the molecule is CCCCOCCC(CNC(C)C)Cc1cccc(F)c1. The van der Waals surface area contributed by atoms with Crippen molar-refractivity contribution < 1.29 is 9.13 Å². The molecule has 1 unspecified atom stereocenters. The molecule has 0 amide bonds. The fourth-order valence-electron chi connectivity index (χ4n) is 2.27. The molecule has 0 saturated heterocycles. The van der Waals surface area contributed by atoms with E-state index in [1.54, 1.807) is 12.1 Å². The zero-order valence-electron chi connectivity index (χ0n) is 13.7. The Morgan fingerprint density at radius 3 is 2.71 bits per heavy atom. The van der Waals surface area contributed by atoms with Crippen molar-refractivity contribution in [2.45, 2.75) is 52.5 Å². The molecular weight excluding hydrogens is 265 g/mol. The molecule has 21 heavy (non-hydrogen) atoms. The van der Waals surface area contributed by atoms with Gasteiger partial charge in [0.05, 0.1) is 0 Å². The summed E-state index contributed by atoms with van der Waals surface area (Å²) < 4.78 is 19.0. The summed E-state index contributed by atoms with van der Waals surface area (Å²) in [7, 11) is 0. The van der Waals surface area contributed by atoms with Gasteiger partial charge in [-0.05, 0) is 49.4 Å². The molecule has 0 heterocycles. The Hall–Kier alpha value is -0.930. The van der Waals surface area contributed by atoms with Crippen molar-refractivity contribution in [1.82, 2.24) is 5.32 Å². The minimum Gasteiger partial charge on any atom is -0.381 e. The van der Waals surface area contributed by atoms with Crippen LogP contribution in [0.15, 0.2) is 24.3 Å². The van der Waals surface area contributed by atoms with Crippen LogP contribution in [0.3, 0.4) is 0 Å². The first-order valence-corrected chi connectivity index (χ1v) is 8.17. The van der Waals surface area contributed by atoms with Gasteiger partial charge in [0, 0.05) is 19.3 Å². The van der Waals surface area contributed by atoms with Gasteiger partial charge in [-0.2, -0.15) is 0 Å². The summed E-state index contributed by atoms with van der Waals surface area (Å²) in [5, 5.41) is 3.48. The molecule has 0 spiro atoms. The molecule has 0 aromatic heterocycles. The maximum absolute atomic E-state index is 13.3. The van der Waals surface area contributed by atoms with E-state index in [0.29, 0.717) is 12.0 Å². The van der Waals surface area contributed by atoms with Crippen molar-refractivity contribution in [2.75, 3.05) is 19.8 Å². The molecule has 0 aliphatic heterocycles. The number of nitrogens with one attached hydrogen (secondary N) is 1. The lowest BCUT2D eigenvalue weighted by atomic mass is 9.96. The Morgan fingerprint density at radius 2 is 2.05 bits per heavy atom. The molecule has 0 bridgehead atoms. The van der Waals surface area contributed by atoms with Crippen molar-refractivity contribution in [1.29, 1.82) is 0 Å². The fraction of sp³-hybridized carbons (Fsp3) is 0.667. The van der Waals surface area contributed by atoms with Crippen LogP contribution in [-0.4, -0.2) is 25.8 Å². The number of hydrogen-bond acceptors (Lipinski definition) is 2. The van der Waals surface area contributed by atoms with E-state index >= 15 is 0 Å². The number of unbranched alkanes of at least 4 members (excludes halogenated alkanes) is 1.